The van der Waals surface area contributed by atoms with Crippen LogP contribution in [0.3, 0.4) is 0 Å². The molecule has 1 atom stereocenters. The van der Waals surface area contributed by atoms with Gasteiger partial charge in [-0.05, 0) is 23.8 Å². The van der Waals surface area contributed by atoms with Gasteiger partial charge in [-0.15, -0.1) is 0 Å². The molecule has 0 aliphatic heterocycles. The summed E-state index contributed by atoms with van der Waals surface area (Å²) >= 11 is -0.0174. The van der Waals surface area contributed by atoms with Crippen molar-refractivity contribution in [1.29, 1.82) is 0 Å². The average Bonchev–Trinajstić information content (AvgIpc) is 2.24. The fourth-order valence-electron chi connectivity index (χ4n) is 1.14. The Morgan fingerprint density at radius 3 is 2.69 bits per heavy atom. The number of hydrogen-bond acceptors (Lipinski definition) is 4. The third-order valence-corrected chi connectivity index (χ3v) is 2.25. The molecule has 0 spiro atoms. The van der Waals surface area contributed by atoms with E-state index in [1.165, 1.54) is 18.2 Å². The molecule has 0 saturated heterocycles. The van der Waals surface area contributed by atoms with E-state index in [1.807, 2.05) is 0 Å². The number of aliphatic imine (C=N–C) groups is 1. The third kappa shape index (κ3) is 3.59. The molecule has 0 saturated carbocycles. The first-order valence-electron chi connectivity index (χ1n) is 4.39. The summed E-state index contributed by atoms with van der Waals surface area (Å²) in [6, 6.07) is 3.99. The first-order valence-corrected chi connectivity index (χ1v) is 5.10. The zero-order valence-electron chi connectivity index (χ0n) is 8.30. The van der Waals surface area contributed by atoms with E-state index >= 15 is 0 Å². The van der Waals surface area contributed by atoms with E-state index in [2.05, 4.69) is 4.99 Å². The van der Waals surface area contributed by atoms with Crippen LogP contribution in [0.4, 0.5) is 3.89 Å². The Hall–Kier alpha value is -1.47. The molecule has 88 valence electrons. The van der Waals surface area contributed by atoms with Crippen LogP contribution in [0.1, 0.15) is 11.7 Å². The van der Waals surface area contributed by atoms with Crippen molar-refractivity contribution < 1.29 is 14.1 Å². The van der Waals surface area contributed by atoms with Crippen molar-refractivity contribution in [1.82, 2.24) is 0 Å². The van der Waals surface area contributed by atoms with Gasteiger partial charge in [0.25, 0.3) is 0 Å². The van der Waals surface area contributed by atoms with Gasteiger partial charge in [0.05, 0.1) is 24.8 Å². The lowest BCUT2D eigenvalue weighted by Crippen LogP contribution is -2.23. The van der Waals surface area contributed by atoms with Crippen LogP contribution in [-0.2, 0) is 0 Å². The van der Waals surface area contributed by atoms with Gasteiger partial charge in [-0.3, -0.25) is 4.99 Å². The summed E-state index contributed by atoms with van der Waals surface area (Å²) in [6.45, 7) is -0.0395. The molecule has 16 heavy (non-hydrogen) atoms. The zero-order valence-corrected chi connectivity index (χ0v) is 9.12. The Bertz CT molecular complexity index is 396. The molecule has 0 radical (unpaired) electrons. The van der Waals surface area contributed by atoms with E-state index in [0.717, 1.165) is 0 Å². The van der Waals surface area contributed by atoms with Crippen LogP contribution in [0.25, 0.3) is 0 Å². The van der Waals surface area contributed by atoms with Crippen LogP contribution in [0, 0.1) is 0 Å². The van der Waals surface area contributed by atoms with Gasteiger partial charge in [-0.1, -0.05) is 0 Å². The van der Waals surface area contributed by atoms with E-state index < -0.39 is 6.10 Å². The maximum atomic E-state index is 12.3. The number of phenolic OH excluding ortho intramolecular Hbond substituents is 1. The van der Waals surface area contributed by atoms with Gasteiger partial charge in [-0.2, -0.15) is 3.89 Å². The molecular formula is C9H12FN3O2S. The summed E-state index contributed by atoms with van der Waals surface area (Å²) in [7, 11) is 0. The summed E-state index contributed by atoms with van der Waals surface area (Å²) in [5, 5.41) is 18.9. The summed E-state index contributed by atoms with van der Waals surface area (Å²) < 4.78 is 12.3. The number of halogens is 1. The highest BCUT2D eigenvalue weighted by molar-refractivity contribution is 7.94. The largest absolute Gasteiger partial charge is 0.508 e. The summed E-state index contributed by atoms with van der Waals surface area (Å²) in [5.74, 6) is -0.263. The monoisotopic (exact) mass is 245 g/mol. The number of guanidine groups is 1. The predicted octanol–water partition coefficient (Wildman–Crippen LogP) is 0.676. The lowest BCUT2D eigenvalue weighted by Gasteiger charge is -2.09. The number of rotatable bonds is 4. The van der Waals surface area contributed by atoms with Crippen molar-refractivity contribution in [2.24, 2.45) is 16.5 Å². The molecule has 1 aromatic rings. The fraction of sp³-hybridized carbons (Fsp3) is 0.222. The minimum absolute atomic E-state index is 0.0174. The number of nitrogens with zero attached hydrogens (tertiary/aromatic N) is 1. The molecule has 0 aromatic heterocycles. The van der Waals surface area contributed by atoms with Gasteiger partial charge < -0.3 is 21.7 Å². The zero-order chi connectivity index (χ0) is 12.1. The molecule has 0 unspecified atom stereocenters. The predicted molar refractivity (Wildman–Crippen MR) is 60.7 cm³/mol. The first kappa shape index (κ1) is 12.6. The Morgan fingerprint density at radius 2 is 2.12 bits per heavy atom. The second-order valence-corrected chi connectivity index (χ2v) is 3.74. The lowest BCUT2D eigenvalue weighted by molar-refractivity contribution is 0.186. The molecule has 0 aliphatic carbocycles. The molecule has 5 nitrogen and oxygen atoms in total. The molecule has 6 N–H and O–H groups in total. The standard InChI is InChI=1S/C9H12FN3O2S/c10-16-7-2-5(1-6(14)3-7)8(15)4-13-9(11)12/h1-3,8,14-15H,4H2,(H4,11,12,13)/t8-/m0/s1. The van der Waals surface area contributed by atoms with Crippen LogP contribution in [0.2, 0.25) is 0 Å². The van der Waals surface area contributed by atoms with Crippen molar-refractivity contribution >= 4 is 18.1 Å². The second-order valence-electron chi connectivity index (χ2n) is 3.12. The Labute approximate surface area is 96.3 Å². The summed E-state index contributed by atoms with van der Waals surface area (Å²) in [4.78, 5) is 3.83. The fourth-order valence-corrected chi connectivity index (χ4v) is 1.49. The van der Waals surface area contributed by atoms with Gasteiger partial charge in [-0.25, -0.2) is 0 Å². The van der Waals surface area contributed by atoms with Crippen LogP contribution >= 0.6 is 12.1 Å². The average molecular weight is 245 g/mol. The second kappa shape index (κ2) is 5.57. The molecular weight excluding hydrogens is 233 g/mol. The van der Waals surface area contributed by atoms with E-state index in [9.17, 15) is 14.1 Å². The van der Waals surface area contributed by atoms with Crippen molar-refractivity contribution in [2.45, 2.75) is 11.0 Å². The van der Waals surface area contributed by atoms with Crippen LogP contribution in [-0.4, -0.2) is 22.7 Å². The van der Waals surface area contributed by atoms with Crippen molar-refractivity contribution in [3.8, 4) is 5.75 Å². The smallest absolute Gasteiger partial charge is 0.186 e. The molecule has 0 amide bonds. The molecule has 7 heteroatoms. The first-order chi connectivity index (χ1) is 7.52. The van der Waals surface area contributed by atoms with Gasteiger partial charge >= 0.3 is 0 Å². The van der Waals surface area contributed by atoms with Crippen molar-refractivity contribution in [2.75, 3.05) is 6.54 Å². The van der Waals surface area contributed by atoms with E-state index in [0.29, 0.717) is 5.56 Å². The summed E-state index contributed by atoms with van der Waals surface area (Å²) in [5.41, 5.74) is 10.6. The van der Waals surface area contributed by atoms with Crippen LogP contribution in [0.5, 0.6) is 5.75 Å². The molecule has 1 aromatic carbocycles. The maximum absolute atomic E-state index is 12.3. The van der Waals surface area contributed by atoms with Crippen LogP contribution < -0.4 is 11.5 Å². The van der Waals surface area contributed by atoms with Gasteiger partial charge in [0.15, 0.2) is 5.96 Å². The van der Waals surface area contributed by atoms with E-state index in [1.54, 1.807) is 0 Å². The number of aliphatic hydroxyl groups excluding tert-OH is 1. The highest BCUT2D eigenvalue weighted by atomic mass is 32.2. The van der Waals surface area contributed by atoms with Gasteiger partial charge in [0.2, 0.25) is 0 Å². The highest BCUT2D eigenvalue weighted by Gasteiger charge is 2.10. The lowest BCUT2D eigenvalue weighted by atomic mass is 10.1. The number of aliphatic hydroxyl groups is 1. The van der Waals surface area contributed by atoms with E-state index in [-0.39, 0.29) is 35.3 Å². The number of phenols is 1. The Balaban J connectivity index is 2.86. The van der Waals surface area contributed by atoms with Gasteiger partial charge in [0.1, 0.15) is 5.75 Å². The quantitative estimate of drug-likeness (QED) is 0.461. The van der Waals surface area contributed by atoms with E-state index in [4.69, 9.17) is 11.5 Å². The Morgan fingerprint density at radius 1 is 1.44 bits per heavy atom. The number of benzene rings is 1. The van der Waals surface area contributed by atoms with Gasteiger partial charge in [0, 0.05) is 4.90 Å². The topological polar surface area (TPSA) is 105 Å². The molecule has 0 aliphatic rings. The number of hydrogen-bond donors (Lipinski definition) is 4. The van der Waals surface area contributed by atoms with Crippen molar-refractivity contribution in [3.63, 3.8) is 0 Å². The highest BCUT2D eigenvalue weighted by Crippen LogP contribution is 2.28. The number of aromatic hydroxyl groups is 1. The normalized spacial score (nSPS) is 12.1. The Kier molecular flexibility index (Phi) is 4.39. The molecule has 0 heterocycles. The number of nitrogens with two attached hydrogens (primary N) is 2. The minimum Gasteiger partial charge on any atom is -0.508 e. The third-order valence-electron chi connectivity index (χ3n) is 1.83. The SMILES string of the molecule is NC(N)=NC[C@H](O)c1cc(O)cc(SF)c1. The van der Waals surface area contributed by atoms with Crippen molar-refractivity contribution in [3.05, 3.63) is 23.8 Å². The van der Waals surface area contributed by atoms with Crippen LogP contribution in [0.15, 0.2) is 28.1 Å². The molecule has 0 bridgehead atoms. The maximum Gasteiger partial charge on any atom is 0.186 e. The minimum atomic E-state index is -0.986. The summed E-state index contributed by atoms with van der Waals surface area (Å²) in [6.07, 6.45) is -0.986. The molecule has 1 rings (SSSR count). The molecule has 0 fully saturated rings.